The number of rotatable bonds is 4. The smallest absolute Gasteiger partial charge is 0.311 e. The molecule has 0 aliphatic rings. The second kappa shape index (κ2) is 5.49. The van der Waals surface area contributed by atoms with Gasteiger partial charge in [0.15, 0.2) is 6.29 Å². The number of aldehydes is 1. The molecule has 0 fully saturated rings. The third kappa shape index (κ3) is 2.89. The van der Waals surface area contributed by atoms with Crippen LogP contribution in [0.1, 0.15) is 10.4 Å². The van der Waals surface area contributed by atoms with Gasteiger partial charge >= 0.3 is 5.69 Å². The van der Waals surface area contributed by atoms with Gasteiger partial charge in [0, 0.05) is 17.2 Å². The van der Waals surface area contributed by atoms with Gasteiger partial charge in [-0.05, 0) is 18.2 Å². The fourth-order valence-electron chi connectivity index (χ4n) is 1.51. The molecule has 6 heteroatoms. The SMILES string of the molecule is O=Cc1ccc(Cl)cc1Oc1ccccc1[N+](=O)[O-]. The Morgan fingerprint density at radius 3 is 2.58 bits per heavy atom. The van der Waals surface area contributed by atoms with Gasteiger partial charge in [0.2, 0.25) is 5.75 Å². The first-order valence-electron chi connectivity index (χ1n) is 5.28. The number of nitro groups is 1. The monoisotopic (exact) mass is 277 g/mol. The van der Waals surface area contributed by atoms with Gasteiger partial charge in [-0.1, -0.05) is 23.7 Å². The van der Waals surface area contributed by atoms with Crippen LogP contribution in [0.15, 0.2) is 42.5 Å². The highest BCUT2D eigenvalue weighted by Gasteiger charge is 2.16. The molecule has 0 spiro atoms. The summed E-state index contributed by atoms with van der Waals surface area (Å²) in [6, 6.07) is 10.4. The van der Waals surface area contributed by atoms with E-state index in [-0.39, 0.29) is 22.7 Å². The summed E-state index contributed by atoms with van der Waals surface area (Å²) in [5.74, 6) is 0.231. The fourth-order valence-corrected chi connectivity index (χ4v) is 1.67. The highest BCUT2D eigenvalue weighted by atomic mass is 35.5. The molecule has 0 saturated carbocycles. The minimum absolute atomic E-state index is 0.0536. The Morgan fingerprint density at radius 1 is 1.16 bits per heavy atom. The Morgan fingerprint density at radius 2 is 1.89 bits per heavy atom. The number of benzene rings is 2. The van der Waals surface area contributed by atoms with Crippen molar-refractivity contribution < 1.29 is 14.5 Å². The molecule has 0 N–H and O–H groups in total. The number of halogens is 1. The van der Waals surface area contributed by atoms with E-state index in [1.54, 1.807) is 6.07 Å². The van der Waals surface area contributed by atoms with Gasteiger partial charge in [0.05, 0.1) is 10.5 Å². The molecule has 0 radical (unpaired) electrons. The van der Waals surface area contributed by atoms with Gasteiger partial charge in [0.25, 0.3) is 0 Å². The molecule has 0 unspecified atom stereocenters. The average molecular weight is 278 g/mol. The average Bonchev–Trinajstić information content (AvgIpc) is 2.39. The van der Waals surface area contributed by atoms with Gasteiger partial charge in [-0.15, -0.1) is 0 Å². The van der Waals surface area contributed by atoms with E-state index in [4.69, 9.17) is 16.3 Å². The number of carbonyl (C=O) groups excluding carboxylic acids is 1. The molecular weight excluding hydrogens is 270 g/mol. The highest BCUT2D eigenvalue weighted by molar-refractivity contribution is 6.30. The maximum Gasteiger partial charge on any atom is 0.311 e. The van der Waals surface area contributed by atoms with Crippen LogP contribution < -0.4 is 4.74 Å². The lowest BCUT2D eigenvalue weighted by Gasteiger charge is -2.08. The van der Waals surface area contributed by atoms with Crippen molar-refractivity contribution in [2.24, 2.45) is 0 Å². The maximum absolute atomic E-state index is 10.9. The van der Waals surface area contributed by atoms with E-state index in [0.717, 1.165) is 0 Å². The Hall–Kier alpha value is -2.40. The van der Waals surface area contributed by atoms with Gasteiger partial charge in [-0.2, -0.15) is 0 Å². The van der Waals surface area contributed by atoms with Gasteiger partial charge < -0.3 is 4.74 Å². The summed E-state index contributed by atoms with van der Waals surface area (Å²) in [7, 11) is 0. The third-order valence-corrected chi connectivity index (χ3v) is 2.62. The minimum Gasteiger partial charge on any atom is -0.449 e. The number of ether oxygens (including phenoxy) is 1. The Kier molecular flexibility index (Phi) is 3.77. The summed E-state index contributed by atoms with van der Waals surface area (Å²) >= 11 is 5.81. The summed E-state index contributed by atoms with van der Waals surface area (Å²) in [5.41, 5.74) is 0.0851. The molecular formula is C13H8ClNO4. The number of carbonyl (C=O) groups is 1. The summed E-state index contributed by atoms with van der Waals surface area (Å²) < 4.78 is 5.42. The molecule has 5 nitrogen and oxygen atoms in total. The first-order chi connectivity index (χ1) is 9.11. The maximum atomic E-state index is 10.9. The molecule has 96 valence electrons. The van der Waals surface area contributed by atoms with Crippen LogP contribution in [0.2, 0.25) is 5.02 Å². The first kappa shape index (κ1) is 13.0. The largest absolute Gasteiger partial charge is 0.449 e. The van der Waals surface area contributed by atoms with Crippen molar-refractivity contribution >= 4 is 23.6 Å². The van der Waals surface area contributed by atoms with Crippen molar-refractivity contribution in [3.63, 3.8) is 0 Å². The summed E-state index contributed by atoms with van der Waals surface area (Å²) in [4.78, 5) is 21.2. The molecule has 0 saturated heterocycles. The predicted octanol–water partition coefficient (Wildman–Crippen LogP) is 3.85. The number of nitro benzene ring substituents is 1. The second-order valence-corrected chi connectivity index (χ2v) is 4.06. The lowest BCUT2D eigenvalue weighted by atomic mass is 10.2. The van der Waals surface area contributed by atoms with E-state index >= 15 is 0 Å². The molecule has 2 aromatic carbocycles. The molecule has 0 heterocycles. The predicted molar refractivity (Wildman–Crippen MR) is 70.0 cm³/mol. The van der Waals surface area contributed by atoms with E-state index in [1.807, 2.05) is 0 Å². The third-order valence-electron chi connectivity index (χ3n) is 2.38. The lowest BCUT2D eigenvalue weighted by Crippen LogP contribution is -1.95. The molecule has 0 bridgehead atoms. The van der Waals surface area contributed by atoms with Crippen LogP contribution in [-0.2, 0) is 0 Å². The normalized spacial score (nSPS) is 9.95. The van der Waals surface area contributed by atoms with Gasteiger partial charge in [-0.25, -0.2) is 0 Å². The topological polar surface area (TPSA) is 69.4 Å². The first-order valence-corrected chi connectivity index (χ1v) is 5.65. The van der Waals surface area contributed by atoms with Crippen LogP contribution in [0.25, 0.3) is 0 Å². The van der Waals surface area contributed by atoms with Crippen molar-refractivity contribution in [2.75, 3.05) is 0 Å². The molecule has 0 aliphatic heterocycles. The number of para-hydroxylation sites is 2. The minimum atomic E-state index is -0.555. The Bertz CT molecular complexity index is 642. The van der Waals surface area contributed by atoms with Crippen LogP contribution in [0, 0.1) is 10.1 Å². The van der Waals surface area contributed by atoms with Crippen molar-refractivity contribution in [1.29, 1.82) is 0 Å². The lowest BCUT2D eigenvalue weighted by molar-refractivity contribution is -0.385. The van der Waals surface area contributed by atoms with E-state index in [0.29, 0.717) is 11.3 Å². The van der Waals surface area contributed by atoms with Crippen LogP contribution in [0.3, 0.4) is 0 Å². The zero-order valence-electron chi connectivity index (χ0n) is 9.58. The van der Waals surface area contributed by atoms with Crippen molar-refractivity contribution in [2.45, 2.75) is 0 Å². The molecule has 2 rings (SSSR count). The zero-order valence-corrected chi connectivity index (χ0v) is 10.3. The van der Waals surface area contributed by atoms with Crippen LogP contribution in [0.5, 0.6) is 11.5 Å². The standard InChI is InChI=1S/C13H8ClNO4/c14-10-6-5-9(8-16)13(7-10)19-12-4-2-1-3-11(12)15(17)18/h1-8H. The van der Waals surface area contributed by atoms with Crippen molar-refractivity contribution in [3.05, 3.63) is 63.2 Å². The summed E-state index contributed by atoms with van der Waals surface area (Å²) in [5, 5.41) is 11.2. The van der Waals surface area contributed by atoms with Crippen LogP contribution in [0.4, 0.5) is 5.69 Å². The molecule has 19 heavy (non-hydrogen) atoms. The summed E-state index contributed by atoms with van der Waals surface area (Å²) in [6.07, 6.45) is 0.598. The van der Waals surface area contributed by atoms with Gasteiger partial charge in [0.1, 0.15) is 5.75 Å². The van der Waals surface area contributed by atoms with Gasteiger partial charge in [-0.3, -0.25) is 14.9 Å². The van der Waals surface area contributed by atoms with E-state index in [9.17, 15) is 14.9 Å². The highest BCUT2D eigenvalue weighted by Crippen LogP contribution is 2.33. The van der Waals surface area contributed by atoms with Crippen LogP contribution in [-0.4, -0.2) is 11.2 Å². The van der Waals surface area contributed by atoms with E-state index < -0.39 is 4.92 Å². The van der Waals surface area contributed by atoms with E-state index in [2.05, 4.69) is 0 Å². The second-order valence-electron chi connectivity index (χ2n) is 3.63. The molecule has 0 atom stereocenters. The fraction of sp³-hybridized carbons (Fsp3) is 0. The van der Waals surface area contributed by atoms with Crippen molar-refractivity contribution in [3.8, 4) is 11.5 Å². The molecule has 0 aliphatic carbocycles. The summed E-state index contributed by atoms with van der Waals surface area (Å²) in [6.45, 7) is 0. The van der Waals surface area contributed by atoms with E-state index in [1.165, 1.54) is 36.4 Å². The number of nitrogens with zero attached hydrogens (tertiary/aromatic N) is 1. The molecule has 2 aromatic rings. The van der Waals surface area contributed by atoms with Crippen molar-refractivity contribution in [1.82, 2.24) is 0 Å². The van der Waals surface area contributed by atoms with Crippen LogP contribution >= 0.6 is 11.6 Å². The quantitative estimate of drug-likeness (QED) is 0.483. The molecule has 0 aromatic heterocycles. The molecule has 0 amide bonds. The number of hydrogen-bond donors (Lipinski definition) is 0. The number of hydrogen-bond acceptors (Lipinski definition) is 4. The zero-order chi connectivity index (χ0) is 13.8. The Labute approximate surface area is 113 Å². The Balaban J connectivity index is 2.44.